The van der Waals surface area contributed by atoms with E-state index in [2.05, 4.69) is 19.2 Å². The van der Waals surface area contributed by atoms with E-state index in [-0.39, 0.29) is 10.8 Å². The Kier molecular flexibility index (Phi) is 8.86. The van der Waals surface area contributed by atoms with E-state index in [1.807, 2.05) is 13.8 Å². The van der Waals surface area contributed by atoms with Crippen LogP contribution in [0.15, 0.2) is 35.2 Å². The Labute approximate surface area is 152 Å². The SMILES string of the molecule is CCC(CC)CNC(=O)/C=C/c1ccc(S(=O)(=O)N(CC)CC)cc1. The van der Waals surface area contributed by atoms with Crippen molar-refractivity contribution in [3.05, 3.63) is 35.9 Å². The minimum atomic E-state index is -3.44. The second-order valence-electron chi connectivity index (χ2n) is 5.92. The number of hydrogen-bond acceptors (Lipinski definition) is 3. The molecule has 0 spiro atoms. The Morgan fingerprint density at radius 1 is 1.08 bits per heavy atom. The first-order valence-electron chi connectivity index (χ1n) is 8.95. The van der Waals surface area contributed by atoms with Gasteiger partial charge in [-0.1, -0.05) is 52.7 Å². The molecule has 5 nitrogen and oxygen atoms in total. The third kappa shape index (κ3) is 6.29. The summed E-state index contributed by atoms with van der Waals surface area (Å²) in [5, 5.41) is 2.89. The number of nitrogens with one attached hydrogen (secondary N) is 1. The maximum absolute atomic E-state index is 12.4. The van der Waals surface area contributed by atoms with Gasteiger partial charge in [0.15, 0.2) is 0 Å². The molecule has 0 radical (unpaired) electrons. The van der Waals surface area contributed by atoms with Gasteiger partial charge in [0, 0.05) is 25.7 Å². The van der Waals surface area contributed by atoms with Crippen molar-refractivity contribution in [2.45, 2.75) is 45.4 Å². The van der Waals surface area contributed by atoms with E-state index < -0.39 is 10.0 Å². The Balaban J connectivity index is 2.72. The van der Waals surface area contributed by atoms with E-state index in [9.17, 15) is 13.2 Å². The molecule has 1 aromatic rings. The first-order valence-corrected chi connectivity index (χ1v) is 10.4. The summed E-state index contributed by atoms with van der Waals surface area (Å²) in [4.78, 5) is 12.1. The minimum absolute atomic E-state index is 0.133. The number of hydrogen-bond donors (Lipinski definition) is 1. The van der Waals surface area contributed by atoms with E-state index in [1.165, 1.54) is 10.4 Å². The van der Waals surface area contributed by atoms with Gasteiger partial charge in [-0.2, -0.15) is 4.31 Å². The first-order chi connectivity index (χ1) is 11.9. The Morgan fingerprint density at radius 2 is 1.64 bits per heavy atom. The molecule has 0 aliphatic rings. The molecule has 0 saturated carbocycles. The largest absolute Gasteiger partial charge is 0.352 e. The van der Waals surface area contributed by atoms with Crippen molar-refractivity contribution in [1.29, 1.82) is 0 Å². The summed E-state index contributed by atoms with van der Waals surface area (Å²) in [5.74, 6) is 0.369. The van der Waals surface area contributed by atoms with Crippen LogP contribution in [0.2, 0.25) is 0 Å². The molecule has 6 heteroatoms. The van der Waals surface area contributed by atoms with Gasteiger partial charge in [-0.05, 0) is 29.7 Å². The van der Waals surface area contributed by atoms with Crippen LogP contribution in [0.5, 0.6) is 0 Å². The van der Waals surface area contributed by atoms with Crippen LogP contribution >= 0.6 is 0 Å². The Hall–Kier alpha value is -1.66. The number of sulfonamides is 1. The third-order valence-electron chi connectivity index (χ3n) is 4.37. The van der Waals surface area contributed by atoms with Gasteiger partial charge in [0.25, 0.3) is 0 Å². The summed E-state index contributed by atoms with van der Waals surface area (Å²) in [6.07, 6.45) is 5.26. The highest BCUT2D eigenvalue weighted by Gasteiger charge is 2.20. The van der Waals surface area contributed by atoms with Crippen molar-refractivity contribution in [2.24, 2.45) is 5.92 Å². The number of benzene rings is 1. The van der Waals surface area contributed by atoms with Crippen molar-refractivity contribution in [3.63, 3.8) is 0 Å². The number of carbonyl (C=O) groups is 1. The number of nitrogens with zero attached hydrogens (tertiary/aromatic N) is 1. The molecule has 0 bridgehead atoms. The molecule has 1 aromatic carbocycles. The van der Waals surface area contributed by atoms with E-state index in [0.717, 1.165) is 18.4 Å². The van der Waals surface area contributed by atoms with Crippen LogP contribution in [-0.4, -0.2) is 38.3 Å². The van der Waals surface area contributed by atoms with Gasteiger partial charge in [-0.3, -0.25) is 4.79 Å². The predicted molar refractivity (Wildman–Crippen MR) is 103 cm³/mol. The van der Waals surface area contributed by atoms with Crippen LogP contribution in [-0.2, 0) is 14.8 Å². The summed E-state index contributed by atoms with van der Waals surface area (Å²) in [6, 6.07) is 6.58. The summed E-state index contributed by atoms with van der Waals surface area (Å²) in [6.45, 7) is 9.43. The molecule has 0 saturated heterocycles. The zero-order chi connectivity index (χ0) is 18.9. The molecule has 0 aromatic heterocycles. The summed E-state index contributed by atoms with van der Waals surface area (Å²) in [5.41, 5.74) is 0.788. The minimum Gasteiger partial charge on any atom is -0.352 e. The molecule has 25 heavy (non-hydrogen) atoms. The summed E-state index contributed by atoms with van der Waals surface area (Å²) < 4.78 is 26.3. The summed E-state index contributed by atoms with van der Waals surface area (Å²) >= 11 is 0. The van der Waals surface area contributed by atoms with Gasteiger partial charge in [0.1, 0.15) is 0 Å². The highest BCUT2D eigenvalue weighted by Crippen LogP contribution is 2.16. The van der Waals surface area contributed by atoms with E-state index in [0.29, 0.717) is 25.6 Å². The van der Waals surface area contributed by atoms with Crippen molar-refractivity contribution >= 4 is 22.0 Å². The van der Waals surface area contributed by atoms with Crippen LogP contribution < -0.4 is 5.32 Å². The van der Waals surface area contributed by atoms with Gasteiger partial charge in [-0.15, -0.1) is 0 Å². The molecular weight excluding hydrogens is 336 g/mol. The quantitative estimate of drug-likeness (QED) is 0.646. The van der Waals surface area contributed by atoms with Crippen molar-refractivity contribution in [1.82, 2.24) is 9.62 Å². The maximum Gasteiger partial charge on any atom is 0.244 e. The Morgan fingerprint density at radius 3 is 2.12 bits per heavy atom. The fourth-order valence-electron chi connectivity index (χ4n) is 2.52. The molecule has 1 amide bonds. The predicted octanol–water partition coefficient (Wildman–Crippen LogP) is 3.28. The molecule has 1 N–H and O–H groups in total. The van der Waals surface area contributed by atoms with Crippen LogP contribution in [0.3, 0.4) is 0 Å². The molecule has 0 aliphatic heterocycles. The van der Waals surface area contributed by atoms with Crippen LogP contribution in [0.4, 0.5) is 0 Å². The van der Waals surface area contributed by atoms with Crippen LogP contribution in [0.1, 0.15) is 46.1 Å². The molecule has 0 heterocycles. The molecule has 140 valence electrons. The van der Waals surface area contributed by atoms with Crippen molar-refractivity contribution < 1.29 is 13.2 Å². The zero-order valence-electron chi connectivity index (χ0n) is 15.7. The van der Waals surface area contributed by atoms with E-state index in [1.54, 1.807) is 30.3 Å². The van der Waals surface area contributed by atoms with E-state index >= 15 is 0 Å². The molecule has 0 unspecified atom stereocenters. The zero-order valence-corrected chi connectivity index (χ0v) is 16.5. The van der Waals surface area contributed by atoms with Crippen molar-refractivity contribution in [2.75, 3.05) is 19.6 Å². The van der Waals surface area contributed by atoms with E-state index in [4.69, 9.17) is 0 Å². The topological polar surface area (TPSA) is 66.5 Å². The van der Waals surface area contributed by atoms with Crippen LogP contribution in [0, 0.1) is 5.92 Å². The lowest BCUT2D eigenvalue weighted by molar-refractivity contribution is -0.116. The van der Waals surface area contributed by atoms with Crippen molar-refractivity contribution in [3.8, 4) is 0 Å². The van der Waals surface area contributed by atoms with Crippen LogP contribution in [0.25, 0.3) is 6.08 Å². The Bertz CT molecular complexity index is 658. The highest BCUT2D eigenvalue weighted by molar-refractivity contribution is 7.89. The average molecular weight is 367 g/mol. The van der Waals surface area contributed by atoms with Gasteiger partial charge >= 0.3 is 0 Å². The lowest BCUT2D eigenvalue weighted by Gasteiger charge is -2.18. The average Bonchev–Trinajstić information content (AvgIpc) is 2.62. The number of rotatable bonds is 10. The molecular formula is C19H30N2O3S. The number of amides is 1. The first kappa shape index (κ1) is 21.4. The third-order valence-corrected chi connectivity index (χ3v) is 6.43. The second-order valence-corrected chi connectivity index (χ2v) is 7.86. The fraction of sp³-hybridized carbons (Fsp3) is 0.526. The van der Waals surface area contributed by atoms with Gasteiger partial charge in [-0.25, -0.2) is 8.42 Å². The van der Waals surface area contributed by atoms with Gasteiger partial charge in [0.05, 0.1) is 4.90 Å². The summed E-state index contributed by atoms with van der Waals surface area (Å²) in [7, 11) is -3.44. The highest BCUT2D eigenvalue weighted by atomic mass is 32.2. The molecule has 0 aliphatic carbocycles. The molecule has 0 atom stereocenters. The molecule has 1 rings (SSSR count). The second kappa shape index (κ2) is 10.4. The standard InChI is InChI=1S/C19H30N2O3S/c1-5-16(6-2)15-20-19(22)14-11-17-9-12-18(13-10-17)25(23,24)21(7-3)8-4/h9-14,16H,5-8,15H2,1-4H3,(H,20,22)/b14-11+. The van der Waals surface area contributed by atoms with Gasteiger partial charge in [0.2, 0.25) is 15.9 Å². The lowest BCUT2D eigenvalue weighted by Crippen LogP contribution is -2.30. The monoisotopic (exact) mass is 366 g/mol. The molecule has 0 fully saturated rings. The number of carbonyl (C=O) groups excluding carboxylic acids is 1. The van der Waals surface area contributed by atoms with Gasteiger partial charge < -0.3 is 5.32 Å². The maximum atomic E-state index is 12.4. The lowest BCUT2D eigenvalue weighted by atomic mass is 10.0. The smallest absolute Gasteiger partial charge is 0.244 e. The fourth-order valence-corrected chi connectivity index (χ4v) is 3.97. The normalized spacial score (nSPS) is 12.2.